The van der Waals surface area contributed by atoms with Crippen LogP contribution in [-0.2, 0) is 0 Å². The molecule has 0 amide bonds. The maximum absolute atomic E-state index is 13.9. The van der Waals surface area contributed by atoms with Gasteiger partial charge in [-0.1, -0.05) is 12.1 Å². The van der Waals surface area contributed by atoms with Crippen molar-refractivity contribution < 1.29 is 4.39 Å². The molecular weight excluding hydrogens is 303 g/mol. The summed E-state index contributed by atoms with van der Waals surface area (Å²) in [6, 6.07) is 6.76. The largest absolute Gasteiger partial charge is 0.271 e. The van der Waals surface area contributed by atoms with Gasteiger partial charge in [-0.15, -0.1) is 11.3 Å². The van der Waals surface area contributed by atoms with Crippen LogP contribution in [0.25, 0.3) is 0 Å². The number of aryl methyl sites for hydroxylation is 1. The zero-order chi connectivity index (χ0) is 12.4. The summed E-state index contributed by atoms with van der Waals surface area (Å²) < 4.78 is 14.8. The van der Waals surface area contributed by atoms with Crippen LogP contribution < -0.4 is 11.3 Å². The molecular formula is C12H12BrFN2S. The lowest BCUT2D eigenvalue weighted by atomic mass is 10.0. The van der Waals surface area contributed by atoms with Crippen molar-refractivity contribution in [2.75, 3.05) is 0 Å². The number of rotatable bonds is 3. The first-order valence-corrected chi connectivity index (χ1v) is 6.76. The summed E-state index contributed by atoms with van der Waals surface area (Å²) in [5.41, 5.74) is 4.11. The highest BCUT2D eigenvalue weighted by Gasteiger charge is 2.19. The van der Waals surface area contributed by atoms with Gasteiger partial charge in [0.1, 0.15) is 5.82 Å². The van der Waals surface area contributed by atoms with Crippen LogP contribution in [0.4, 0.5) is 4.39 Å². The third-order valence-corrected chi connectivity index (χ3v) is 4.48. The Balaban J connectivity index is 2.46. The molecule has 0 aliphatic heterocycles. The predicted molar refractivity (Wildman–Crippen MR) is 72.3 cm³/mol. The van der Waals surface area contributed by atoms with Crippen LogP contribution in [0, 0.1) is 12.7 Å². The molecule has 1 unspecified atom stereocenters. The zero-order valence-corrected chi connectivity index (χ0v) is 11.6. The Kier molecular flexibility index (Phi) is 3.93. The van der Waals surface area contributed by atoms with Gasteiger partial charge >= 0.3 is 0 Å². The number of nitrogens with two attached hydrogens (primary N) is 1. The molecule has 17 heavy (non-hydrogen) atoms. The molecule has 1 aromatic carbocycles. The maximum Gasteiger partial charge on any atom is 0.128 e. The van der Waals surface area contributed by atoms with Gasteiger partial charge in [-0.05, 0) is 45.9 Å². The van der Waals surface area contributed by atoms with Crippen molar-refractivity contribution in [3.63, 3.8) is 0 Å². The minimum absolute atomic E-state index is 0.242. The number of hydrogen-bond donors (Lipinski definition) is 2. The summed E-state index contributed by atoms with van der Waals surface area (Å²) in [4.78, 5) is 0.968. The van der Waals surface area contributed by atoms with Crippen LogP contribution in [0.15, 0.2) is 34.1 Å². The van der Waals surface area contributed by atoms with Gasteiger partial charge < -0.3 is 0 Å². The van der Waals surface area contributed by atoms with Gasteiger partial charge in [-0.2, -0.15) is 0 Å². The minimum Gasteiger partial charge on any atom is -0.271 e. The van der Waals surface area contributed by atoms with Gasteiger partial charge in [0, 0.05) is 14.9 Å². The third kappa shape index (κ3) is 2.57. The second-order valence-corrected chi connectivity index (χ2v) is 5.56. The van der Waals surface area contributed by atoms with Crippen LogP contribution in [0.3, 0.4) is 0 Å². The van der Waals surface area contributed by atoms with Crippen molar-refractivity contribution in [3.8, 4) is 0 Å². The standard InChI is InChI=1S/C12H12BrFN2S/c1-7-2-3-8(10(14)6-7)11(16-15)12-9(13)4-5-17-12/h2-6,11,16H,15H2,1H3. The topological polar surface area (TPSA) is 38.0 Å². The van der Waals surface area contributed by atoms with Gasteiger partial charge in [-0.3, -0.25) is 5.84 Å². The van der Waals surface area contributed by atoms with Crippen molar-refractivity contribution in [2.24, 2.45) is 5.84 Å². The van der Waals surface area contributed by atoms with E-state index in [4.69, 9.17) is 5.84 Å². The molecule has 1 heterocycles. The molecule has 0 aliphatic rings. The molecule has 0 saturated heterocycles. The Morgan fingerprint density at radius 2 is 2.18 bits per heavy atom. The fourth-order valence-corrected chi connectivity index (χ4v) is 3.36. The predicted octanol–water partition coefficient (Wildman–Crippen LogP) is 3.51. The van der Waals surface area contributed by atoms with E-state index in [0.29, 0.717) is 5.56 Å². The van der Waals surface area contributed by atoms with E-state index in [1.807, 2.05) is 24.4 Å². The molecule has 2 rings (SSSR count). The normalized spacial score (nSPS) is 12.7. The number of hydrogen-bond acceptors (Lipinski definition) is 3. The van der Waals surface area contributed by atoms with Crippen molar-refractivity contribution in [3.05, 3.63) is 55.9 Å². The second-order valence-electron chi connectivity index (χ2n) is 3.76. The van der Waals surface area contributed by atoms with E-state index in [-0.39, 0.29) is 11.9 Å². The highest BCUT2D eigenvalue weighted by atomic mass is 79.9. The van der Waals surface area contributed by atoms with Crippen LogP contribution >= 0.6 is 27.3 Å². The fourth-order valence-electron chi connectivity index (χ4n) is 1.68. The SMILES string of the molecule is Cc1ccc(C(NN)c2sccc2Br)c(F)c1. The number of benzene rings is 1. The van der Waals surface area contributed by atoms with E-state index in [0.717, 1.165) is 14.9 Å². The van der Waals surface area contributed by atoms with Gasteiger partial charge in [0.2, 0.25) is 0 Å². The van der Waals surface area contributed by atoms with Crippen LogP contribution in [0.1, 0.15) is 22.0 Å². The quantitative estimate of drug-likeness (QED) is 0.672. The van der Waals surface area contributed by atoms with E-state index in [9.17, 15) is 4.39 Å². The van der Waals surface area contributed by atoms with Crippen LogP contribution in [0.2, 0.25) is 0 Å². The number of thiophene rings is 1. The Morgan fingerprint density at radius 3 is 2.71 bits per heavy atom. The molecule has 0 bridgehead atoms. The van der Waals surface area contributed by atoms with Crippen molar-refractivity contribution in [1.29, 1.82) is 0 Å². The van der Waals surface area contributed by atoms with E-state index < -0.39 is 0 Å². The molecule has 90 valence electrons. The molecule has 2 nitrogen and oxygen atoms in total. The van der Waals surface area contributed by atoms with Crippen molar-refractivity contribution in [1.82, 2.24) is 5.43 Å². The summed E-state index contributed by atoms with van der Waals surface area (Å²) in [5.74, 6) is 5.30. The van der Waals surface area contributed by atoms with Gasteiger partial charge in [0.15, 0.2) is 0 Å². The fraction of sp³-hybridized carbons (Fsp3) is 0.167. The van der Waals surface area contributed by atoms with E-state index in [2.05, 4.69) is 21.4 Å². The molecule has 0 spiro atoms. The second kappa shape index (κ2) is 5.27. The lowest BCUT2D eigenvalue weighted by Crippen LogP contribution is -2.29. The van der Waals surface area contributed by atoms with E-state index >= 15 is 0 Å². The van der Waals surface area contributed by atoms with Gasteiger partial charge in [0.05, 0.1) is 6.04 Å². The molecule has 3 N–H and O–H groups in total. The van der Waals surface area contributed by atoms with Gasteiger partial charge in [0.25, 0.3) is 0 Å². The van der Waals surface area contributed by atoms with Crippen molar-refractivity contribution in [2.45, 2.75) is 13.0 Å². The Hall–Kier alpha value is -0.750. The molecule has 1 atom stereocenters. The first kappa shape index (κ1) is 12.7. The average molecular weight is 315 g/mol. The summed E-state index contributed by atoms with van der Waals surface area (Å²) in [6.07, 6.45) is 0. The highest BCUT2D eigenvalue weighted by molar-refractivity contribution is 9.10. The molecule has 0 saturated carbocycles. The minimum atomic E-state index is -0.329. The third-order valence-electron chi connectivity index (χ3n) is 2.54. The molecule has 0 aliphatic carbocycles. The summed E-state index contributed by atoms with van der Waals surface area (Å²) in [7, 11) is 0. The summed E-state index contributed by atoms with van der Waals surface area (Å²) in [6.45, 7) is 1.86. The summed E-state index contributed by atoms with van der Waals surface area (Å²) >= 11 is 4.97. The van der Waals surface area contributed by atoms with Gasteiger partial charge in [-0.25, -0.2) is 9.82 Å². The maximum atomic E-state index is 13.9. The van der Waals surface area contributed by atoms with Crippen LogP contribution in [0.5, 0.6) is 0 Å². The zero-order valence-electron chi connectivity index (χ0n) is 9.21. The summed E-state index contributed by atoms with van der Waals surface area (Å²) in [5, 5.41) is 1.94. The smallest absolute Gasteiger partial charge is 0.128 e. The Labute approximate surface area is 112 Å². The van der Waals surface area contributed by atoms with Crippen molar-refractivity contribution >= 4 is 27.3 Å². The van der Waals surface area contributed by atoms with E-state index in [1.165, 1.54) is 17.4 Å². The number of hydrazine groups is 1. The first-order chi connectivity index (χ1) is 8.13. The average Bonchev–Trinajstić information content (AvgIpc) is 2.69. The Bertz CT molecular complexity index is 527. The highest BCUT2D eigenvalue weighted by Crippen LogP contribution is 2.33. The molecule has 5 heteroatoms. The molecule has 0 fully saturated rings. The van der Waals surface area contributed by atoms with E-state index in [1.54, 1.807) is 6.07 Å². The Morgan fingerprint density at radius 1 is 1.41 bits per heavy atom. The lowest BCUT2D eigenvalue weighted by Gasteiger charge is -2.16. The monoisotopic (exact) mass is 314 g/mol. The molecule has 2 aromatic rings. The van der Waals surface area contributed by atoms with Crippen LogP contribution in [-0.4, -0.2) is 0 Å². The number of halogens is 2. The molecule has 1 aromatic heterocycles. The molecule has 0 radical (unpaired) electrons. The number of nitrogens with one attached hydrogen (secondary N) is 1. The first-order valence-electron chi connectivity index (χ1n) is 5.08. The lowest BCUT2D eigenvalue weighted by molar-refractivity contribution is 0.562.